The number of halogens is 1. The third kappa shape index (κ3) is 3.16. The van der Waals surface area contributed by atoms with Gasteiger partial charge < -0.3 is 19.8 Å². The molecule has 1 N–H and O–H groups in total. The van der Waals surface area contributed by atoms with Crippen LogP contribution in [0, 0.1) is 12.7 Å². The summed E-state index contributed by atoms with van der Waals surface area (Å²) < 4.78 is 14.3. The smallest absolute Gasteiger partial charge is 0.296 e. The molecule has 2 aliphatic heterocycles. The highest BCUT2D eigenvalue weighted by atomic mass is 19.1. The average molecular weight is 451 g/mol. The minimum absolute atomic E-state index is 0.0308. The van der Waals surface area contributed by atoms with Gasteiger partial charge in [0.05, 0.1) is 11.3 Å². The zero-order valence-electron chi connectivity index (χ0n) is 19.1. The topological polar surface area (TPSA) is 81.2 Å². The molecule has 33 heavy (non-hydrogen) atoms. The summed E-state index contributed by atoms with van der Waals surface area (Å²) in [6, 6.07) is 11.0. The van der Waals surface area contributed by atoms with Gasteiger partial charge in [0.25, 0.3) is 17.6 Å². The lowest BCUT2D eigenvalue weighted by molar-refractivity contribution is -0.143. The standard InChI is InChI=1S/C25H26FN3O4/c1-5-28-19-9-7-6-8-17(19)25(24(28)33)20(21(30)16-11-10-15(2)18(26)14-16)22(31)23(32)29(25)13-12-27(3)4/h6-11,14,30H,5,12-13H2,1-4H3/t25-/m0/s1. The number of benzene rings is 2. The number of aliphatic hydroxyl groups is 1. The third-order valence-electron chi connectivity index (χ3n) is 6.34. The van der Waals surface area contributed by atoms with Crippen LogP contribution in [-0.4, -0.2) is 66.2 Å². The number of rotatable bonds is 5. The van der Waals surface area contributed by atoms with Crippen molar-refractivity contribution >= 4 is 29.0 Å². The zero-order valence-corrected chi connectivity index (χ0v) is 19.1. The van der Waals surface area contributed by atoms with Crippen molar-refractivity contribution in [2.75, 3.05) is 38.6 Å². The first-order valence-corrected chi connectivity index (χ1v) is 10.8. The molecular weight excluding hydrogens is 425 g/mol. The van der Waals surface area contributed by atoms with E-state index >= 15 is 0 Å². The molecule has 0 aromatic heterocycles. The number of aliphatic hydroxyl groups excluding tert-OH is 1. The summed E-state index contributed by atoms with van der Waals surface area (Å²) in [4.78, 5) is 45.2. The maximum atomic E-state index is 14.3. The molecule has 4 rings (SSSR count). The first-order valence-electron chi connectivity index (χ1n) is 10.8. The van der Waals surface area contributed by atoms with Crippen LogP contribution in [0.25, 0.3) is 5.76 Å². The van der Waals surface area contributed by atoms with Crippen LogP contribution < -0.4 is 4.90 Å². The van der Waals surface area contributed by atoms with Crippen molar-refractivity contribution in [2.24, 2.45) is 0 Å². The highest BCUT2D eigenvalue weighted by Gasteiger charge is 2.66. The van der Waals surface area contributed by atoms with Crippen LogP contribution in [0.15, 0.2) is 48.0 Å². The van der Waals surface area contributed by atoms with E-state index < -0.39 is 34.7 Å². The molecule has 0 saturated carbocycles. The van der Waals surface area contributed by atoms with Gasteiger partial charge in [-0.15, -0.1) is 0 Å². The molecule has 1 saturated heterocycles. The number of nitrogens with zero attached hydrogens (tertiary/aromatic N) is 3. The lowest BCUT2D eigenvalue weighted by atomic mass is 9.82. The molecule has 172 valence electrons. The molecule has 7 nitrogen and oxygen atoms in total. The van der Waals surface area contributed by atoms with Crippen molar-refractivity contribution in [3.8, 4) is 0 Å². The van der Waals surface area contributed by atoms with Crippen LogP contribution in [0.4, 0.5) is 10.1 Å². The molecule has 2 heterocycles. The number of likely N-dealkylation sites (tertiary alicyclic amines) is 1. The Hall–Kier alpha value is -3.52. The van der Waals surface area contributed by atoms with E-state index in [1.54, 1.807) is 38.1 Å². The number of aryl methyl sites for hydroxylation is 1. The van der Waals surface area contributed by atoms with Crippen LogP contribution in [-0.2, 0) is 19.9 Å². The number of likely N-dealkylation sites (N-methyl/N-ethyl adjacent to an activating group) is 2. The first kappa shape index (κ1) is 22.7. The summed E-state index contributed by atoms with van der Waals surface area (Å²) in [5.74, 6) is -3.46. The Kier molecular flexibility index (Phi) is 5.57. The van der Waals surface area contributed by atoms with E-state index in [0.717, 1.165) is 6.07 Å². The predicted molar refractivity (Wildman–Crippen MR) is 122 cm³/mol. The molecule has 2 aromatic rings. The Balaban J connectivity index is 2.06. The number of para-hydroxylation sites is 1. The minimum atomic E-state index is -1.82. The number of Topliss-reactive ketones (excluding diaryl/α,β-unsaturated/α-hetero) is 1. The van der Waals surface area contributed by atoms with Gasteiger partial charge in [-0.3, -0.25) is 14.4 Å². The van der Waals surface area contributed by atoms with Gasteiger partial charge in [0.1, 0.15) is 11.6 Å². The number of anilines is 1. The van der Waals surface area contributed by atoms with Crippen LogP contribution >= 0.6 is 0 Å². The van der Waals surface area contributed by atoms with E-state index in [9.17, 15) is 23.9 Å². The number of carbonyl (C=O) groups excluding carboxylic acids is 3. The Labute approximate surface area is 191 Å². The van der Waals surface area contributed by atoms with Gasteiger partial charge in [0, 0.05) is 30.8 Å². The number of carbonyl (C=O) groups is 3. The molecule has 8 heteroatoms. The molecule has 2 aromatic carbocycles. The van der Waals surface area contributed by atoms with Gasteiger partial charge in [-0.05, 0) is 45.6 Å². The van der Waals surface area contributed by atoms with Gasteiger partial charge in [-0.1, -0.05) is 30.3 Å². The molecule has 1 fully saturated rings. The van der Waals surface area contributed by atoms with Crippen LogP contribution in [0.2, 0.25) is 0 Å². The number of ketones is 1. The quantitative estimate of drug-likeness (QED) is 0.430. The van der Waals surface area contributed by atoms with E-state index in [4.69, 9.17) is 0 Å². The van der Waals surface area contributed by atoms with Crippen molar-refractivity contribution in [1.29, 1.82) is 0 Å². The first-order chi connectivity index (χ1) is 15.7. The highest BCUT2D eigenvalue weighted by Crippen LogP contribution is 2.53. The largest absolute Gasteiger partial charge is 0.507 e. The third-order valence-corrected chi connectivity index (χ3v) is 6.34. The van der Waals surface area contributed by atoms with Gasteiger partial charge >= 0.3 is 0 Å². The molecule has 0 bridgehead atoms. The second-order valence-corrected chi connectivity index (χ2v) is 8.55. The predicted octanol–water partition coefficient (Wildman–Crippen LogP) is 2.64. The van der Waals surface area contributed by atoms with E-state index in [2.05, 4.69) is 0 Å². The molecular formula is C25H26FN3O4. The Morgan fingerprint density at radius 3 is 2.45 bits per heavy atom. The lowest BCUT2D eigenvalue weighted by Gasteiger charge is -2.35. The Morgan fingerprint density at radius 1 is 1.12 bits per heavy atom. The van der Waals surface area contributed by atoms with Crippen molar-refractivity contribution in [2.45, 2.75) is 19.4 Å². The van der Waals surface area contributed by atoms with Gasteiger partial charge in [-0.2, -0.15) is 0 Å². The van der Waals surface area contributed by atoms with E-state index in [0.29, 0.717) is 29.9 Å². The number of amides is 2. The van der Waals surface area contributed by atoms with Crippen molar-refractivity contribution < 1.29 is 23.9 Å². The second kappa shape index (κ2) is 8.12. The molecule has 2 amide bonds. The minimum Gasteiger partial charge on any atom is -0.507 e. The fourth-order valence-electron chi connectivity index (χ4n) is 4.67. The van der Waals surface area contributed by atoms with Crippen LogP contribution in [0.1, 0.15) is 23.6 Å². The monoisotopic (exact) mass is 451 g/mol. The SMILES string of the molecule is CCN1C(=O)[C@@]2(C(=C(O)c3ccc(C)c(F)c3)C(=O)C(=O)N2CCN(C)C)c2ccccc21. The van der Waals surface area contributed by atoms with Gasteiger partial charge in [-0.25, -0.2) is 4.39 Å². The van der Waals surface area contributed by atoms with Gasteiger partial charge in [0.2, 0.25) is 0 Å². The van der Waals surface area contributed by atoms with Crippen LogP contribution in [0.3, 0.4) is 0 Å². The van der Waals surface area contributed by atoms with Crippen molar-refractivity contribution in [1.82, 2.24) is 9.80 Å². The summed E-state index contributed by atoms with van der Waals surface area (Å²) in [5, 5.41) is 11.3. The summed E-state index contributed by atoms with van der Waals surface area (Å²) in [6.07, 6.45) is 0. The molecule has 2 aliphatic rings. The van der Waals surface area contributed by atoms with Crippen molar-refractivity contribution in [3.63, 3.8) is 0 Å². The highest BCUT2D eigenvalue weighted by molar-refractivity contribution is 6.50. The summed E-state index contributed by atoms with van der Waals surface area (Å²) in [7, 11) is 3.64. The molecule has 0 aliphatic carbocycles. The maximum Gasteiger partial charge on any atom is 0.296 e. The molecule has 1 spiro atoms. The fraction of sp³-hybridized carbons (Fsp3) is 0.320. The van der Waals surface area contributed by atoms with Gasteiger partial charge in [0.15, 0.2) is 5.54 Å². The Morgan fingerprint density at radius 2 is 1.82 bits per heavy atom. The van der Waals surface area contributed by atoms with E-state index in [1.165, 1.54) is 21.9 Å². The number of fused-ring (bicyclic) bond motifs is 2. The number of hydrogen-bond acceptors (Lipinski definition) is 5. The fourth-order valence-corrected chi connectivity index (χ4v) is 4.67. The maximum absolute atomic E-state index is 14.3. The summed E-state index contributed by atoms with van der Waals surface area (Å²) in [5.41, 5.74) is -0.729. The average Bonchev–Trinajstić information content (AvgIpc) is 3.16. The molecule has 0 unspecified atom stereocenters. The summed E-state index contributed by atoms with van der Waals surface area (Å²) >= 11 is 0. The lowest BCUT2D eigenvalue weighted by Crippen LogP contribution is -2.53. The molecule has 0 radical (unpaired) electrons. The van der Waals surface area contributed by atoms with Crippen LogP contribution in [0.5, 0.6) is 0 Å². The normalized spacial score (nSPS) is 21.6. The van der Waals surface area contributed by atoms with E-state index in [1.807, 2.05) is 19.0 Å². The number of hydrogen-bond donors (Lipinski definition) is 1. The van der Waals surface area contributed by atoms with E-state index in [-0.39, 0.29) is 17.7 Å². The zero-order chi connectivity index (χ0) is 24.1. The Bertz CT molecular complexity index is 1210. The second-order valence-electron chi connectivity index (χ2n) is 8.55. The summed E-state index contributed by atoms with van der Waals surface area (Å²) in [6.45, 7) is 4.18. The molecule has 1 atom stereocenters. The van der Waals surface area contributed by atoms with Crippen molar-refractivity contribution in [3.05, 3.63) is 70.5 Å².